The van der Waals surface area contributed by atoms with E-state index in [-0.39, 0.29) is 10.0 Å². The summed E-state index contributed by atoms with van der Waals surface area (Å²) in [5.74, 6) is -1.77. The van der Waals surface area contributed by atoms with Crippen molar-refractivity contribution < 1.29 is 22.5 Å². The fourth-order valence-corrected chi connectivity index (χ4v) is 3.59. The Kier molecular flexibility index (Phi) is 4.89. The number of rotatable bonds is 3. The normalized spacial score (nSPS) is 18.7. The van der Waals surface area contributed by atoms with E-state index < -0.39 is 37.8 Å². The molecular weight excluding hydrogens is 365 g/mol. The Morgan fingerprint density at radius 1 is 1.33 bits per heavy atom. The number of hydrogen-bond donors (Lipinski definition) is 2. The Bertz CT molecular complexity index is 686. The second-order valence-electron chi connectivity index (χ2n) is 4.34. The topological polar surface area (TPSA) is 92.7 Å². The highest BCUT2D eigenvalue weighted by Gasteiger charge is 2.32. The molecule has 0 aliphatic carbocycles. The smallest absolute Gasteiger partial charge is 0.345 e. The molecule has 1 heterocycles. The first-order valence-corrected chi connectivity index (χ1v) is 8.36. The van der Waals surface area contributed by atoms with Gasteiger partial charge in [-0.05, 0) is 25.5 Å². The molecule has 0 radical (unpaired) electrons. The van der Waals surface area contributed by atoms with Gasteiger partial charge in [-0.25, -0.2) is 4.79 Å². The van der Waals surface area contributed by atoms with Crippen molar-refractivity contribution in [2.24, 2.45) is 0 Å². The largest absolute Gasteiger partial charge is 0.505 e. The van der Waals surface area contributed by atoms with Crippen LogP contribution in [0.5, 0.6) is 5.75 Å². The van der Waals surface area contributed by atoms with E-state index in [1.54, 1.807) is 0 Å². The zero-order valence-corrected chi connectivity index (χ0v) is 13.5. The summed E-state index contributed by atoms with van der Waals surface area (Å²) in [4.78, 5) is 11.0. The Balaban J connectivity index is 2.34. The van der Waals surface area contributed by atoms with E-state index in [0.29, 0.717) is 13.0 Å². The average Bonchev–Trinajstić information content (AvgIpc) is 2.94. The minimum absolute atomic E-state index is 0.187. The third kappa shape index (κ3) is 3.37. The van der Waals surface area contributed by atoms with E-state index in [2.05, 4.69) is 9.50 Å². The van der Waals surface area contributed by atoms with Gasteiger partial charge in [-0.3, -0.25) is 0 Å². The molecule has 10 heteroatoms. The minimum Gasteiger partial charge on any atom is -0.505 e. The van der Waals surface area contributed by atoms with Crippen LogP contribution >= 0.6 is 34.8 Å². The third-order valence-electron chi connectivity index (χ3n) is 2.91. The lowest BCUT2D eigenvalue weighted by atomic mass is 10.2. The molecule has 21 heavy (non-hydrogen) atoms. The fourth-order valence-electron chi connectivity index (χ4n) is 1.85. The Morgan fingerprint density at radius 3 is 2.57 bits per heavy atom. The van der Waals surface area contributed by atoms with Crippen LogP contribution in [0.25, 0.3) is 0 Å². The van der Waals surface area contributed by atoms with Crippen molar-refractivity contribution in [1.29, 1.82) is 0 Å². The van der Waals surface area contributed by atoms with Crippen LogP contribution in [0.1, 0.15) is 12.8 Å². The van der Waals surface area contributed by atoms with Gasteiger partial charge in [0.15, 0.2) is 10.6 Å². The summed E-state index contributed by atoms with van der Waals surface area (Å²) in [7, 11) is -4.56. The number of benzene rings is 1. The third-order valence-corrected chi connectivity index (χ3v) is 5.39. The van der Waals surface area contributed by atoms with Gasteiger partial charge in [-0.2, -0.15) is 8.42 Å². The lowest BCUT2D eigenvalue weighted by molar-refractivity contribution is -0.135. The average molecular weight is 375 g/mol. The lowest BCUT2D eigenvalue weighted by Gasteiger charge is -2.12. The van der Waals surface area contributed by atoms with Crippen molar-refractivity contribution in [2.45, 2.75) is 23.8 Å². The molecule has 2 N–H and O–H groups in total. The van der Waals surface area contributed by atoms with E-state index in [9.17, 15) is 18.3 Å². The maximum Gasteiger partial charge on any atom is 0.345 e. The van der Waals surface area contributed by atoms with Crippen LogP contribution in [0.3, 0.4) is 0 Å². The predicted octanol–water partition coefficient (Wildman–Crippen LogP) is 2.34. The van der Waals surface area contributed by atoms with E-state index >= 15 is 0 Å². The monoisotopic (exact) mass is 373 g/mol. The van der Waals surface area contributed by atoms with E-state index in [4.69, 9.17) is 34.8 Å². The number of phenolic OH excluding ortho intramolecular Hbond substituents is 1. The molecule has 0 aromatic heterocycles. The van der Waals surface area contributed by atoms with Crippen LogP contribution in [-0.4, -0.2) is 32.1 Å². The summed E-state index contributed by atoms with van der Waals surface area (Å²) in [5.41, 5.74) is 0. The number of aromatic hydroxyl groups is 1. The molecule has 0 amide bonds. The van der Waals surface area contributed by atoms with Gasteiger partial charge in [0.05, 0.1) is 10.0 Å². The zero-order valence-electron chi connectivity index (χ0n) is 10.4. The molecule has 1 aromatic carbocycles. The second kappa shape index (κ2) is 6.18. The maximum absolute atomic E-state index is 12.0. The van der Waals surface area contributed by atoms with Crippen LogP contribution in [0.2, 0.25) is 15.1 Å². The Morgan fingerprint density at radius 2 is 2.00 bits per heavy atom. The van der Waals surface area contributed by atoms with Gasteiger partial charge < -0.3 is 14.6 Å². The molecule has 116 valence electrons. The van der Waals surface area contributed by atoms with E-state index in [1.165, 1.54) is 0 Å². The first-order chi connectivity index (χ1) is 9.74. The minimum atomic E-state index is -4.56. The van der Waals surface area contributed by atoms with Gasteiger partial charge in [-0.1, -0.05) is 34.8 Å². The number of carbonyl (C=O) groups excluding carboxylic acids is 1. The lowest BCUT2D eigenvalue weighted by Crippen LogP contribution is -2.33. The van der Waals surface area contributed by atoms with Crippen LogP contribution in [-0.2, 0) is 19.1 Å². The van der Waals surface area contributed by atoms with Crippen molar-refractivity contribution >= 4 is 50.9 Å². The second-order valence-corrected chi connectivity index (χ2v) is 7.02. The molecule has 0 bridgehead atoms. The van der Waals surface area contributed by atoms with Gasteiger partial charge in [0.1, 0.15) is 11.1 Å². The molecule has 1 aliphatic rings. The first-order valence-electron chi connectivity index (χ1n) is 5.82. The van der Waals surface area contributed by atoms with E-state index in [0.717, 1.165) is 12.5 Å². The highest BCUT2D eigenvalue weighted by molar-refractivity contribution is 7.87. The molecule has 0 spiro atoms. The first kappa shape index (κ1) is 16.6. The molecule has 2 rings (SSSR count). The van der Waals surface area contributed by atoms with Crippen molar-refractivity contribution in [2.75, 3.05) is 6.54 Å². The Hall–Kier alpha value is -0.730. The quantitative estimate of drug-likeness (QED) is 0.623. The van der Waals surface area contributed by atoms with Crippen LogP contribution in [0, 0.1) is 0 Å². The van der Waals surface area contributed by atoms with Gasteiger partial charge in [0.2, 0.25) is 0 Å². The van der Waals surface area contributed by atoms with Crippen molar-refractivity contribution in [3.8, 4) is 5.75 Å². The molecule has 1 aliphatic heterocycles. The van der Waals surface area contributed by atoms with Gasteiger partial charge in [0, 0.05) is 0 Å². The number of phenols is 1. The fraction of sp³-hybridized carbons (Fsp3) is 0.364. The van der Waals surface area contributed by atoms with Crippen molar-refractivity contribution in [3.63, 3.8) is 0 Å². The molecule has 6 nitrogen and oxygen atoms in total. The summed E-state index contributed by atoms with van der Waals surface area (Å²) < 4.78 is 28.6. The van der Waals surface area contributed by atoms with Gasteiger partial charge in [-0.15, -0.1) is 0 Å². The highest BCUT2D eigenvalue weighted by Crippen LogP contribution is 2.41. The zero-order chi connectivity index (χ0) is 15.8. The van der Waals surface area contributed by atoms with Crippen LogP contribution in [0.15, 0.2) is 11.0 Å². The number of nitrogens with one attached hydrogen (secondary N) is 1. The molecule has 1 fully saturated rings. The molecule has 0 unspecified atom stereocenters. The number of halogens is 3. The number of carbonyl (C=O) groups is 1. The maximum atomic E-state index is 12.0. The standard InChI is InChI=1S/C11H10Cl3NO5S/c12-5-4-7(10(16)9(14)8(5)13)21(18,19)20-11(17)6-2-1-3-15-6/h4,6,15-16H,1-3H2/t6-/m1/s1. The van der Waals surface area contributed by atoms with Crippen molar-refractivity contribution in [1.82, 2.24) is 5.32 Å². The summed E-state index contributed by atoms with van der Waals surface area (Å²) in [6.07, 6.45) is 1.21. The molecule has 1 saturated heterocycles. The molecule has 1 atom stereocenters. The highest BCUT2D eigenvalue weighted by atomic mass is 35.5. The number of hydrogen-bond acceptors (Lipinski definition) is 6. The summed E-state index contributed by atoms with van der Waals surface area (Å²) in [6.45, 7) is 0.601. The summed E-state index contributed by atoms with van der Waals surface area (Å²) in [6, 6.07) is 0.177. The van der Waals surface area contributed by atoms with Crippen LogP contribution in [0.4, 0.5) is 0 Å². The van der Waals surface area contributed by atoms with Crippen molar-refractivity contribution in [3.05, 3.63) is 21.1 Å². The van der Waals surface area contributed by atoms with Crippen LogP contribution < -0.4 is 5.32 Å². The molecular formula is C11H10Cl3NO5S. The van der Waals surface area contributed by atoms with Gasteiger partial charge >= 0.3 is 16.1 Å². The van der Waals surface area contributed by atoms with E-state index in [1.807, 2.05) is 0 Å². The molecule has 1 aromatic rings. The van der Waals surface area contributed by atoms with Gasteiger partial charge in [0.25, 0.3) is 0 Å². The Labute approximate surface area is 136 Å². The predicted molar refractivity (Wildman–Crippen MR) is 77.4 cm³/mol. The summed E-state index contributed by atoms with van der Waals surface area (Å²) >= 11 is 17.1. The summed E-state index contributed by atoms with van der Waals surface area (Å²) in [5, 5.41) is 11.7. The SMILES string of the molecule is O=C(OS(=O)(=O)c1cc(Cl)c(Cl)c(Cl)c1O)[C@H]1CCCN1. The molecule has 0 saturated carbocycles.